The molecule has 44 heavy (non-hydrogen) atoms. The lowest BCUT2D eigenvalue weighted by Crippen LogP contribution is -2.09. The minimum atomic E-state index is 0.894. The zero-order chi connectivity index (χ0) is 28.8. The lowest BCUT2D eigenvalue weighted by Gasteiger charge is -2.26. The van der Waals surface area contributed by atoms with E-state index in [9.17, 15) is 0 Å². The second-order valence-corrected chi connectivity index (χ2v) is 13.5. The summed E-state index contributed by atoms with van der Waals surface area (Å²) >= 11 is 3.73. The van der Waals surface area contributed by atoms with Crippen molar-refractivity contribution in [2.45, 2.75) is 0 Å². The van der Waals surface area contributed by atoms with Crippen LogP contribution in [-0.4, -0.2) is 0 Å². The van der Waals surface area contributed by atoms with Crippen LogP contribution in [0.2, 0.25) is 0 Å². The standard InChI is InChI=1S/C40H23NOS2/c1-2-9-25-21-39-32(20-24(25)8-1)31-12-7-13-34(40(31)44-39)41(26-17-19-38-33(22-26)30-11-4-6-15-37(30)43-38)27-16-18-29-28-10-3-5-14-35(28)42-36(29)23-27/h1-23H. The number of hydrogen-bond acceptors (Lipinski definition) is 4. The maximum absolute atomic E-state index is 6.39. The first kappa shape index (κ1) is 24.3. The van der Waals surface area contributed by atoms with Crippen LogP contribution in [0.4, 0.5) is 17.1 Å². The predicted molar refractivity (Wildman–Crippen MR) is 192 cm³/mol. The Morgan fingerprint density at radius 2 is 1.09 bits per heavy atom. The summed E-state index contributed by atoms with van der Waals surface area (Å²) in [5.74, 6) is 0. The zero-order valence-corrected chi connectivity index (χ0v) is 25.1. The lowest BCUT2D eigenvalue weighted by atomic mass is 10.1. The third kappa shape index (κ3) is 3.53. The number of benzene rings is 7. The monoisotopic (exact) mass is 597 g/mol. The first-order valence-corrected chi connectivity index (χ1v) is 16.4. The summed E-state index contributed by atoms with van der Waals surface area (Å²) in [5.41, 5.74) is 5.18. The van der Waals surface area contributed by atoms with Gasteiger partial charge in [0, 0.05) is 63.9 Å². The van der Waals surface area contributed by atoms with E-state index in [-0.39, 0.29) is 0 Å². The number of para-hydroxylation sites is 1. The number of anilines is 3. The Balaban J connectivity index is 1.27. The summed E-state index contributed by atoms with van der Waals surface area (Å²) in [6.07, 6.45) is 0. The van der Waals surface area contributed by atoms with E-state index in [0.29, 0.717) is 0 Å². The molecule has 206 valence electrons. The van der Waals surface area contributed by atoms with Gasteiger partial charge in [0.25, 0.3) is 0 Å². The minimum absolute atomic E-state index is 0.894. The van der Waals surface area contributed by atoms with Crippen LogP contribution in [0.25, 0.3) is 73.1 Å². The van der Waals surface area contributed by atoms with Gasteiger partial charge in [-0.05, 0) is 71.4 Å². The van der Waals surface area contributed by atoms with E-state index in [2.05, 4.69) is 132 Å². The van der Waals surface area contributed by atoms with E-state index >= 15 is 0 Å². The van der Waals surface area contributed by atoms with Crippen LogP contribution in [0.1, 0.15) is 0 Å². The summed E-state index contributed by atoms with van der Waals surface area (Å²) < 4.78 is 11.6. The van der Waals surface area contributed by atoms with Gasteiger partial charge >= 0.3 is 0 Å². The topological polar surface area (TPSA) is 16.4 Å². The molecule has 0 aliphatic rings. The van der Waals surface area contributed by atoms with E-state index in [0.717, 1.165) is 33.3 Å². The molecule has 3 aromatic heterocycles. The molecular weight excluding hydrogens is 575 g/mol. The molecule has 3 heterocycles. The molecule has 2 nitrogen and oxygen atoms in total. The fraction of sp³-hybridized carbons (Fsp3) is 0. The van der Waals surface area contributed by atoms with Gasteiger partial charge in [-0.3, -0.25) is 0 Å². The maximum atomic E-state index is 6.39. The quantitative estimate of drug-likeness (QED) is 0.201. The molecule has 0 unspecified atom stereocenters. The molecule has 10 aromatic rings. The van der Waals surface area contributed by atoms with Crippen LogP contribution in [0.15, 0.2) is 144 Å². The highest BCUT2D eigenvalue weighted by molar-refractivity contribution is 7.26. The third-order valence-electron chi connectivity index (χ3n) is 8.82. The molecule has 0 aliphatic carbocycles. The average Bonchev–Trinajstić information content (AvgIpc) is 3.74. The van der Waals surface area contributed by atoms with Gasteiger partial charge in [0.1, 0.15) is 11.2 Å². The van der Waals surface area contributed by atoms with E-state index in [1.807, 2.05) is 34.8 Å². The molecule has 10 rings (SSSR count). The summed E-state index contributed by atoms with van der Waals surface area (Å²) in [4.78, 5) is 2.41. The van der Waals surface area contributed by atoms with Gasteiger partial charge in [0.05, 0.1) is 10.4 Å². The number of fused-ring (bicyclic) bond motifs is 10. The summed E-state index contributed by atoms with van der Waals surface area (Å²) in [5, 5.41) is 9.99. The Labute approximate surface area is 260 Å². The fourth-order valence-corrected chi connectivity index (χ4v) is 9.10. The van der Waals surface area contributed by atoms with Crippen LogP contribution < -0.4 is 4.90 Å². The van der Waals surface area contributed by atoms with Gasteiger partial charge in [-0.2, -0.15) is 0 Å². The molecule has 0 saturated carbocycles. The molecule has 0 spiro atoms. The summed E-state index contributed by atoms with van der Waals surface area (Å²) in [6.45, 7) is 0. The molecule has 0 amide bonds. The smallest absolute Gasteiger partial charge is 0.137 e. The molecular formula is C40H23NOS2. The molecule has 0 atom stereocenters. The summed E-state index contributed by atoms with van der Waals surface area (Å²) in [6, 6.07) is 50.6. The molecule has 7 aromatic carbocycles. The number of furan rings is 1. The van der Waals surface area contributed by atoms with Gasteiger partial charge in [0.15, 0.2) is 0 Å². The molecule has 0 fully saturated rings. The molecule has 0 radical (unpaired) electrons. The molecule has 0 N–H and O–H groups in total. The van der Waals surface area contributed by atoms with Crippen molar-refractivity contribution in [2.75, 3.05) is 4.90 Å². The minimum Gasteiger partial charge on any atom is -0.456 e. The van der Waals surface area contributed by atoms with Crippen LogP contribution in [0.5, 0.6) is 0 Å². The summed E-state index contributed by atoms with van der Waals surface area (Å²) in [7, 11) is 0. The Morgan fingerprint density at radius 1 is 0.409 bits per heavy atom. The van der Waals surface area contributed by atoms with Gasteiger partial charge < -0.3 is 9.32 Å². The van der Waals surface area contributed by atoms with Gasteiger partial charge in [0.2, 0.25) is 0 Å². The first-order chi connectivity index (χ1) is 21.8. The Kier molecular flexibility index (Phi) is 5.06. The number of nitrogens with zero attached hydrogens (tertiary/aromatic N) is 1. The van der Waals surface area contributed by atoms with Gasteiger partial charge in [-0.25, -0.2) is 0 Å². The predicted octanol–water partition coefficient (Wildman–Crippen LogP) is 12.9. The SMILES string of the molecule is c1ccc2cc3c(cc2c1)sc1c(N(c2ccc4c(c2)oc2ccccc24)c2ccc4sc5ccccc5c4c2)cccc13. The molecule has 0 saturated heterocycles. The van der Waals surface area contributed by atoms with Crippen LogP contribution >= 0.6 is 22.7 Å². The van der Waals surface area contributed by atoms with Crippen LogP contribution in [0, 0.1) is 0 Å². The van der Waals surface area contributed by atoms with E-state index in [1.165, 1.54) is 56.8 Å². The maximum Gasteiger partial charge on any atom is 0.137 e. The normalized spacial score (nSPS) is 12.1. The first-order valence-electron chi connectivity index (χ1n) is 14.8. The Morgan fingerprint density at radius 3 is 2.02 bits per heavy atom. The van der Waals surface area contributed by atoms with Crippen molar-refractivity contribution >= 4 is 113 Å². The molecule has 4 heteroatoms. The van der Waals surface area contributed by atoms with Crippen LogP contribution in [-0.2, 0) is 0 Å². The van der Waals surface area contributed by atoms with E-state index in [4.69, 9.17) is 4.42 Å². The highest BCUT2D eigenvalue weighted by atomic mass is 32.1. The van der Waals surface area contributed by atoms with Gasteiger partial charge in [-0.1, -0.05) is 72.8 Å². The largest absolute Gasteiger partial charge is 0.456 e. The van der Waals surface area contributed by atoms with Crippen LogP contribution in [0.3, 0.4) is 0 Å². The fourth-order valence-electron chi connectivity index (χ4n) is 6.78. The van der Waals surface area contributed by atoms with E-state index < -0.39 is 0 Å². The van der Waals surface area contributed by atoms with Crippen molar-refractivity contribution in [3.8, 4) is 0 Å². The second-order valence-electron chi connectivity index (χ2n) is 11.3. The van der Waals surface area contributed by atoms with Crippen molar-refractivity contribution in [2.24, 2.45) is 0 Å². The average molecular weight is 598 g/mol. The molecule has 0 aliphatic heterocycles. The lowest BCUT2D eigenvalue weighted by molar-refractivity contribution is 0.669. The van der Waals surface area contributed by atoms with Crippen molar-refractivity contribution in [1.82, 2.24) is 0 Å². The zero-order valence-electron chi connectivity index (χ0n) is 23.5. The van der Waals surface area contributed by atoms with Crippen molar-refractivity contribution in [3.05, 3.63) is 140 Å². The van der Waals surface area contributed by atoms with E-state index in [1.54, 1.807) is 0 Å². The number of hydrogen-bond donors (Lipinski definition) is 0. The van der Waals surface area contributed by atoms with Crippen molar-refractivity contribution < 1.29 is 4.42 Å². The van der Waals surface area contributed by atoms with Gasteiger partial charge in [-0.15, -0.1) is 22.7 Å². The number of rotatable bonds is 3. The second kappa shape index (κ2) is 9.17. The van der Waals surface area contributed by atoms with Crippen molar-refractivity contribution in [1.29, 1.82) is 0 Å². The van der Waals surface area contributed by atoms with Crippen molar-refractivity contribution in [3.63, 3.8) is 0 Å². The number of thiophene rings is 2. The third-order valence-corrected chi connectivity index (χ3v) is 11.2. The Hall–Kier alpha value is -5.16. The highest BCUT2D eigenvalue weighted by Crippen LogP contribution is 2.47. The Bertz CT molecular complexity index is 2750. The highest BCUT2D eigenvalue weighted by Gasteiger charge is 2.20. The molecule has 0 bridgehead atoms.